The molecule has 512 valence electrons. The lowest BCUT2D eigenvalue weighted by Crippen LogP contribution is -2.55. The second kappa shape index (κ2) is 41.9. The Morgan fingerprint density at radius 1 is 0.457 bits per heavy atom. The second-order valence-electron chi connectivity index (χ2n) is 22.8. The lowest BCUT2D eigenvalue weighted by Gasteiger charge is -2.25. The Kier molecular flexibility index (Phi) is 34.7. The molecule has 17 N–H and O–H groups in total. The number of anilines is 2. The molecule has 0 heterocycles. The number of aromatic carboxylic acids is 1. The van der Waals surface area contributed by atoms with Gasteiger partial charge in [0, 0.05) is 50.6 Å². The van der Waals surface area contributed by atoms with Crippen LogP contribution in [0.3, 0.4) is 0 Å². The highest BCUT2D eigenvalue weighted by Crippen LogP contribution is 2.17. The summed E-state index contributed by atoms with van der Waals surface area (Å²) < 4.78 is 15.6. The molecule has 0 aliphatic heterocycles. The molecule has 0 aliphatic carbocycles. The summed E-state index contributed by atoms with van der Waals surface area (Å²) in [7, 11) is 0. The summed E-state index contributed by atoms with van der Waals surface area (Å²) in [6, 6.07) is 24.9. The number of carbonyl (C=O) groups is 12. The summed E-state index contributed by atoms with van der Waals surface area (Å²) in [5.41, 5.74) is 12.3. The van der Waals surface area contributed by atoms with Crippen molar-refractivity contribution in [2.45, 2.75) is 117 Å². The van der Waals surface area contributed by atoms with E-state index in [-0.39, 0.29) is 95.8 Å². The van der Waals surface area contributed by atoms with Gasteiger partial charge in [0.1, 0.15) is 30.9 Å². The topological polar surface area (TPSA) is 449 Å². The van der Waals surface area contributed by atoms with E-state index in [4.69, 9.17) is 30.8 Å². The van der Waals surface area contributed by atoms with Gasteiger partial charge in [-0.3, -0.25) is 39.4 Å². The number of nitrogens with one attached hydrogen (secondary N) is 12. The normalized spacial score (nSPS) is 12.1. The smallest absolute Gasteiger partial charge is 0.407 e. The molecule has 94 heavy (non-hydrogen) atoms. The van der Waals surface area contributed by atoms with Crippen LogP contribution in [0.2, 0.25) is 0 Å². The van der Waals surface area contributed by atoms with Crippen LogP contribution in [-0.4, -0.2) is 159 Å². The van der Waals surface area contributed by atoms with Crippen LogP contribution < -0.4 is 75.3 Å². The van der Waals surface area contributed by atoms with Crippen molar-refractivity contribution in [3.05, 3.63) is 131 Å². The Hall–Kier alpha value is -10.4. The van der Waals surface area contributed by atoms with Crippen LogP contribution in [0, 0.1) is 11.8 Å². The molecule has 30 heteroatoms. The first kappa shape index (κ1) is 77.9. The molecule has 0 fully saturated rings. The van der Waals surface area contributed by atoms with Gasteiger partial charge in [-0.1, -0.05) is 88.4 Å². The number of carboxylic acids is 1. The van der Waals surface area contributed by atoms with E-state index in [1.807, 2.05) is 60.7 Å². The Morgan fingerprint density at radius 3 is 1.16 bits per heavy atom. The number of ether oxygens (including phenoxy) is 3. The number of rotatable bonds is 36. The van der Waals surface area contributed by atoms with E-state index in [1.54, 1.807) is 60.6 Å². The van der Waals surface area contributed by atoms with Crippen molar-refractivity contribution in [3.63, 3.8) is 0 Å². The number of amides is 12. The minimum absolute atomic E-state index is 0.0443. The molecular formula is C64H90N14O16. The van der Waals surface area contributed by atoms with Gasteiger partial charge in [-0.2, -0.15) is 0 Å². The van der Waals surface area contributed by atoms with Gasteiger partial charge in [0.15, 0.2) is 0 Å². The quantitative estimate of drug-likeness (QED) is 0.0177. The van der Waals surface area contributed by atoms with Crippen LogP contribution in [0.1, 0.15) is 106 Å². The molecule has 12 amide bonds. The van der Waals surface area contributed by atoms with Gasteiger partial charge < -0.3 is 84.0 Å². The zero-order valence-corrected chi connectivity index (χ0v) is 54.0. The second-order valence-corrected chi connectivity index (χ2v) is 22.8. The maximum atomic E-state index is 13.4. The summed E-state index contributed by atoms with van der Waals surface area (Å²) in [6.45, 7) is 13.2. The number of hydrogen-bond donors (Lipinski definition) is 15. The summed E-state index contributed by atoms with van der Waals surface area (Å²) in [6.07, 6.45) is -0.278. The van der Waals surface area contributed by atoms with E-state index in [2.05, 4.69) is 63.8 Å². The van der Waals surface area contributed by atoms with Crippen molar-refractivity contribution in [3.8, 4) is 0 Å². The minimum Gasteiger partial charge on any atom is -0.478 e. The SMILES string of the molecule is CC(C)[C@H](NCC(=O)NCCNC(=O)OCc1ccccc1)C(=O)N[C@@H](CCCNC(N)=O)C(=O)Nc1ccc(C(=O)O)cc1.CC(C)[C@H](NCC(=O)NCCNC(=O)OCc1ccccc1)C(=O)N[C@@H](CCCNC(N)=O)C(=O)Nc1ccc(C(=O)OC(C)(C)C)cc1. The van der Waals surface area contributed by atoms with Crippen LogP contribution in [0.15, 0.2) is 109 Å². The zero-order valence-electron chi connectivity index (χ0n) is 54.0. The van der Waals surface area contributed by atoms with Crippen LogP contribution >= 0.6 is 0 Å². The Morgan fingerprint density at radius 2 is 0.819 bits per heavy atom. The van der Waals surface area contributed by atoms with E-state index in [0.29, 0.717) is 29.8 Å². The molecule has 4 aromatic carbocycles. The largest absolute Gasteiger partial charge is 0.478 e. The third kappa shape index (κ3) is 33.1. The van der Waals surface area contributed by atoms with Crippen molar-refractivity contribution >= 4 is 83.0 Å². The van der Waals surface area contributed by atoms with Crippen molar-refractivity contribution in [2.75, 3.05) is 63.0 Å². The van der Waals surface area contributed by atoms with Gasteiger partial charge in [-0.05, 0) is 118 Å². The first-order chi connectivity index (χ1) is 44.6. The number of benzene rings is 4. The van der Waals surface area contributed by atoms with Gasteiger partial charge in [-0.15, -0.1) is 0 Å². The summed E-state index contributed by atoms with van der Waals surface area (Å²) in [5.74, 6) is -5.06. The molecule has 0 aliphatic rings. The molecule has 0 saturated carbocycles. The third-order valence-corrected chi connectivity index (χ3v) is 13.1. The molecule has 0 bridgehead atoms. The number of esters is 1. The maximum Gasteiger partial charge on any atom is 0.407 e. The van der Waals surface area contributed by atoms with E-state index in [0.717, 1.165) is 11.1 Å². The monoisotopic (exact) mass is 1310 g/mol. The van der Waals surface area contributed by atoms with Crippen molar-refractivity contribution in [1.82, 2.24) is 53.2 Å². The first-order valence-corrected chi connectivity index (χ1v) is 30.5. The third-order valence-electron chi connectivity index (χ3n) is 13.1. The van der Waals surface area contributed by atoms with Gasteiger partial charge >= 0.3 is 36.2 Å². The molecule has 30 nitrogen and oxygen atoms in total. The number of urea groups is 2. The number of primary amides is 2. The fourth-order valence-corrected chi connectivity index (χ4v) is 8.35. The standard InChI is InChI=1S/C34H49N7O8.C30H41N7O8/c1-22(2)28(39-20-27(42)36-18-19-38-33(47)48-21-23-10-7-6-8-11-23)30(44)41-26(12-9-17-37-32(35)46)29(43)40-25-15-13-24(14-16-25)31(45)49-34(3,4)5;1-19(2)25(35-17-24(38)32-15-16-34-30(44)45-18-20-7-4-3-5-8-20)27(40)37-23(9-6-14-33-29(31)43)26(39)36-22-12-10-21(11-13-22)28(41)42/h6-8,10-11,13-16,22,26,28,39H,9,12,17-21H2,1-5H3,(H,36,42)(H,38,47)(H,40,43)(H,41,44)(H3,35,37,46);3-5,7-8,10-13,19,23,25,35H,6,9,14-18H2,1-2H3,(H,32,38)(H,34,44)(H,36,39)(H,37,40)(H,41,42)(H3,31,33,43)/t26-,28-;23-,25-/m00/s1. The predicted octanol–water partition coefficient (Wildman–Crippen LogP) is 3.08. The van der Waals surface area contributed by atoms with E-state index in [1.165, 1.54) is 36.4 Å². The summed E-state index contributed by atoms with van der Waals surface area (Å²) in [4.78, 5) is 147. The number of hydrogen-bond acceptors (Lipinski definition) is 17. The van der Waals surface area contributed by atoms with Crippen LogP contribution in [0.25, 0.3) is 0 Å². The number of nitrogens with two attached hydrogens (primary N) is 2. The average Bonchev–Trinajstić information content (AvgIpc) is 0.932. The molecular weight excluding hydrogens is 1220 g/mol. The van der Waals surface area contributed by atoms with Crippen molar-refractivity contribution in [1.29, 1.82) is 0 Å². The van der Waals surface area contributed by atoms with Crippen LogP contribution in [0.4, 0.5) is 30.6 Å². The molecule has 0 radical (unpaired) electrons. The lowest BCUT2D eigenvalue weighted by atomic mass is 10.0. The zero-order chi connectivity index (χ0) is 69.6. The fraction of sp³-hybridized carbons (Fsp3) is 0.438. The number of alkyl carbamates (subject to hydrolysis) is 2. The summed E-state index contributed by atoms with van der Waals surface area (Å²) in [5, 5.41) is 41.0. The fourth-order valence-electron chi connectivity index (χ4n) is 8.35. The minimum atomic E-state index is -1.11. The molecule has 0 aromatic heterocycles. The van der Waals surface area contributed by atoms with E-state index >= 15 is 0 Å². The summed E-state index contributed by atoms with van der Waals surface area (Å²) >= 11 is 0. The van der Waals surface area contributed by atoms with E-state index in [9.17, 15) is 57.5 Å². The molecule has 0 spiro atoms. The average molecular weight is 1310 g/mol. The Balaban J connectivity index is 0.000000492. The van der Waals surface area contributed by atoms with Gasteiger partial charge in [-0.25, -0.2) is 28.8 Å². The van der Waals surface area contributed by atoms with E-state index < -0.39 is 101 Å². The predicted molar refractivity (Wildman–Crippen MR) is 348 cm³/mol. The van der Waals surface area contributed by atoms with Crippen molar-refractivity contribution in [2.24, 2.45) is 23.3 Å². The molecule has 4 rings (SSSR count). The molecule has 0 saturated heterocycles. The number of carbonyl (C=O) groups excluding carboxylic acids is 11. The highest BCUT2D eigenvalue weighted by atomic mass is 16.6. The molecule has 4 atom stereocenters. The van der Waals surface area contributed by atoms with Gasteiger partial charge in [0.25, 0.3) is 0 Å². The van der Waals surface area contributed by atoms with Crippen LogP contribution in [0.5, 0.6) is 0 Å². The van der Waals surface area contributed by atoms with Gasteiger partial charge in [0.05, 0.1) is 36.3 Å². The van der Waals surface area contributed by atoms with Gasteiger partial charge in [0.2, 0.25) is 35.4 Å². The Labute approximate surface area is 546 Å². The van der Waals surface area contributed by atoms with Crippen molar-refractivity contribution < 1.29 is 76.9 Å². The van der Waals surface area contributed by atoms with Crippen LogP contribution in [-0.2, 0) is 56.2 Å². The molecule has 4 aromatic rings. The highest BCUT2D eigenvalue weighted by molar-refractivity contribution is 6.00. The molecule has 0 unspecified atom stereocenters. The highest BCUT2D eigenvalue weighted by Gasteiger charge is 2.30. The maximum absolute atomic E-state index is 13.4. The lowest BCUT2D eigenvalue weighted by molar-refractivity contribution is -0.129. The Bertz CT molecular complexity index is 3100. The first-order valence-electron chi connectivity index (χ1n) is 30.5. The number of carboxylic acid groups (broad SMARTS) is 1.